The first-order chi connectivity index (χ1) is 10.4. The molecule has 2 rings (SSSR count). The lowest BCUT2D eigenvalue weighted by atomic mass is 10.1. The minimum absolute atomic E-state index is 0. The number of benzene rings is 1. The molecule has 1 atom stereocenters. The van der Waals surface area contributed by atoms with Crippen LogP contribution in [0.15, 0.2) is 18.2 Å². The molecule has 1 aromatic rings. The summed E-state index contributed by atoms with van der Waals surface area (Å²) in [5.74, 6) is -0.0806. The summed E-state index contributed by atoms with van der Waals surface area (Å²) in [5, 5.41) is 5.71. The van der Waals surface area contributed by atoms with E-state index in [0.29, 0.717) is 6.61 Å². The number of carbonyl (C=O) groups excluding carboxylic acids is 1. The maximum Gasteiger partial charge on any atom is 0.416 e. The van der Waals surface area contributed by atoms with Crippen LogP contribution in [0.4, 0.5) is 18.9 Å². The van der Waals surface area contributed by atoms with Crippen LogP contribution in [0.2, 0.25) is 0 Å². The summed E-state index contributed by atoms with van der Waals surface area (Å²) in [6.07, 6.45) is -2.32. The summed E-state index contributed by atoms with van der Waals surface area (Å²) in [6.45, 7) is 2.90. The van der Waals surface area contributed by atoms with Crippen LogP contribution in [0.5, 0.6) is 5.75 Å². The molecule has 0 aliphatic carbocycles. The number of halogens is 4. The van der Waals surface area contributed by atoms with Crippen LogP contribution in [0.1, 0.15) is 31.7 Å². The molecule has 4 nitrogen and oxygen atoms in total. The molecule has 1 aliphatic heterocycles. The first-order valence-electron chi connectivity index (χ1n) is 7.27. The Kier molecular flexibility index (Phi) is 7.15. The monoisotopic (exact) mass is 352 g/mol. The van der Waals surface area contributed by atoms with E-state index in [0.717, 1.165) is 31.5 Å². The van der Waals surface area contributed by atoms with Crippen LogP contribution in [0.25, 0.3) is 0 Å². The molecule has 1 aromatic carbocycles. The molecule has 1 amide bonds. The van der Waals surface area contributed by atoms with Crippen LogP contribution in [0, 0.1) is 0 Å². The van der Waals surface area contributed by atoms with Crippen molar-refractivity contribution in [3.05, 3.63) is 23.8 Å². The molecule has 0 bridgehead atoms. The van der Waals surface area contributed by atoms with Crippen molar-refractivity contribution in [2.45, 2.75) is 38.4 Å². The average Bonchev–Trinajstić information content (AvgIpc) is 2.92. The quantitative estimate of drug-likeness (QED) is 0.851. The fourth-order valence-electron chi connectivity index (χ4n) is 2.44. The summed E-state index contributed by atoms with van der Waals surface area (Å²) >= 11 is 0. The van der Waals surface area contributed by atoms with E-state index >= 15 is 0 Å². The van der Waals surface area contributed by atoms with Crippen molar-refractivity contribution in [3.8, 4) is 5.75 Å². The van der Waals surface area contributed by atoms with Crippen molar-refractivity contribution in [1.29, 1.82) is 0 Å². The number of ether oxygens (including phenoxy) is 1. The molecule has 1 saturated heterocycles. The van der Waals surface area contributed by atoms with Crippen molar-refractivity contribution in [1.82, 2.24) is 5.32 Å². The number of rotatable bonds is 5. The van der Waals surface area contributed by atoms with Crippen LogP contribution in [-0.4, -0.2) is 25.1 Å². The highest BCUT2D eigenvalue weighted by Crippen LogP contribution is 2.35. The molecule has 1 aliphatic rings. The van der Waals surface area contributed by atoms with E-state index in [1.165, 1.54) is 6.07 Å². The predicted octanol–water partition coefficient (Wildman–Crippen LogP) is 3.61. The first kappa shape index (κ1) is 19.6. The van der Waals surface area contributed by atoms with Gasteiger partial charge >= 0.3 is 6.18 Å². The number of alkyl halides is 3. The fourth-order valence-corrected chi connectivity index (χ4v) is 2.44. The van der Waals surface area contributed by atoms with E-state index in [1.54, 1.807) is 6.92 Å². The number of anilines is 1. The summed E-state index contributed by atoms with van der Waals surface area (Å²) in [7, 11) is 0. The number of amides is 1. The highest BCUT2D eigenvalue weighted by atomic mass is 35.5. The zero-order valence-corrected chi connectivity index (χ0v) is 13.5. The number of hydrogen-bond donors (Lipinski definition) is 2. The lowest BCUT2D eigenvalue weighted by Gasteiger charge is -2.16. The van der Waals surface area contributed by atoms with Crippen LogP contribution < -0.4 is 15.4 Å². The molecule has 130 valence electrons. The highest BCUT2D eigenvalue weighted by molar-refractivity contribution is 5.92. The molecule has 23 heavy (non-hydrogen) atoms. The van der Waals surface area contributed by atoms with E-state index < -0.39 is 11.7 Å². The third-order valence-electron chi connectivity index (χ3n) is 3.47. The Morgan fingerprint density at radius 2 is 2.17 bits per heavy atom. The Balaban J connectivity index is 0.00000264. The Morgan fingerprint density at radius 3 is 2.74 bits per heavy atom. The van der Waals surface area contributed by atoms with Crippen molar-refractivity contribution in [3.63, 3.8) is 0 Å². The standard InChI is InChI=1S/C15H19F3N2O2.ClH/c1-2-22-13-6-5-10(15(16,17)18)8-12(13)20-14(21)9-11-4-3-7-19-11;/h5-6,8,11,19H,2-4,7,9H2,1H3,(H,20,21);1H. The highest BCUT2D eigenvalue weighted by Gasteiger charge is 2.31. The maximum absolute atomic E-state index is 12.8. The van der Waals surface area contributed by atoms with Gasteiger partial charge in [0.05, 0.1) is 17.9 Å². The van der Waals surface area contributed by atoms with Crippen molar-refractivity contribution < 1.29 is 22.7 Å². The van der Waals surface area contributed by atoms with Gasteiger partial charge in [0.2, 0.25) is 5.91 Å². The van der Waals surface area contributed by atoms with Crippen LogP contribution >= 0.6 is 12.4 Å². The third-order valence-corrected chi connectivity index (χ3v) is 3.47. The van der Waals surface area contributed by atoms with Gasteiger partial charge < -0.3 is 15.4 Å². The van der Waals surface area contributed by atoms with Crippen LogP contribution in [-0.2, 0) is 11.0 Å². The fraction of sp³-hybridized carbons (Fsp3) is 0.533. The minimum Gasteiger partial charge on any atom is -0.492 e. The summed E-state index contributed by atoms with van der Waals surface area (Å²) < 4.78 is 43.6. The number of nitrogens with one attached hydrogen (secondary N) is 2. The Morgan fingerprint density at radius 1 is 1.43 bits per heavy atom. The summed E-state index contributed by atoms with van der Waals surface area (Å²) in [4.78, 5) is 12.0. The smallest absolute Gasteiger partial charge is 0.416 e. The molecule has 0 spiro atoms. The second-order valence-electron chi connectivity index (χ2n) is 5.19. The van der Waals surface area contributed by atoms with Gasteiger partial charge in [-0.15, -0.1) is 12.4 Å². The van der Waals surface area contributed by atoms with Gasteiger partial charge in [0.15, 0.2) is 0 Å². The SMILES string of the molecule is CCOc1ccc(C(F)(F)F)cc1NC(=O)CC1CCCN1.Cl. The second kappa shape index (κ2) is 8.40. The molecule has 1 heterocycles. The van der Waals surface area contributed by atoms with Crippen molar-refractivity contribution >= 4 is 24.0 Å². The zero-order valence-electron chi connectivity index (χ0n) is 12.7. The number of carbonyl (C=O) groups is 1. The molecule has 1 unspecified atom stereocenters. The van der Waals surface area contributed by atoms with E-state index in [-0.39, 0.29) is 42.2 Å². The first-order valence-corrected chi connectivity index (χ1v) is 7.27. The average molecular weight is 353 g/mol. The van der Waals surface area contributed by atoms with Crippen LogP contribution in [0.3, 0.4) is 0 Å². The van der Waals surface area contributed by atoms with Gasteiger partial charge in [-0.25, -0.2) is 0 Å². The topological polar surface area (TPSA) is 50.4 Å². The molecule has 1 fully saturated rings. The molecular weight excluding hydrogens is 333 g/mol. The molecule has 0 aromatic heterocycles. The minimum atomic E-state index is -4.46. The van der Waals surface area contributed by atoms with Crippen molar-refractivity contribution in [2.75, 3.05) is 18.5 Å². The molecule has 0 saturated carbocycles. The van der Waals surface area contributed by atoms with Gasteiger partial charge in [-0.05, 0) is 44.5 Å². The molecule has 8 heteroatoms. The predicted molar refractivity (Wildman–Crippen MR) is 84.1 cm³/mol. The van der Waals surface area contributed by atoms with Gasteiger partial charge in [0, 0.05) is 12.5 Å². The lowest BCUT2D eigenvalue weighted by Crippen LogP contribution is -2.27. The normalized spacial score (nSPS) is 17.5. The summed E-state index contributed by atoms with van der Waals surface area (Å²) in [6, 6.07) is 3.17. The van der Waals surface area contributed by atoms with E-state index in [9.17, 15) is 18.0 Å². The summed E-state index contributed by atoms with van der Waals surface area (Å²) in [5.41, 5.74) is -0.759. The van der Waals surface area contributed by atoms with E-state index in [1.807, 2.05) is 0 Å². The van der Waals surface area contributed by atoms with Gasteiger partial charge in [0.1, 0.15) is 5.75 Å². The van der Waals surface area contributed by atoms with Crippen molar-refractivity contribution in [2.24, 2.45) is 0 Å². The Bertz CT molecular complexity index is 532. The third kappa shape index (κ3) is 5.58. The molecule has 2 N–H and O–H groups in total. The van der Waals surface area contributed by atoms with E-state index in [2.05, 4.69) is 10.6 Å². The maximum atomic E-state index is 12.8. The second-order valence-corrected chi connectivity index (χ2v) is 5.19. The van der Waals surface area contributed by atoms with Gasteiger partial charge in [-0.3, -0.25) is 4.79 Å². The van der Waals surface area contributed by atoms with Gasteiger partial charge in [-0.2, -0.15) is 13.2 Å². The lowest BCUT2D eigenvalue weighted by molar-refractivity contribution is -0.137. The van der Waals surface area contributed by atoms with E-state index in [4.69, 9.17) is 4.74 Å². The largest absolute Gasteiger partial charge is 0.492 e. The number of hydrogen-bond acceptors (Lipinski definition) is 3. The Hall–Kier alpha value is -1.47. The molecular formula is C15H20ClF3N2O2. The van der Waals surface area contributed by atoms with Gasteiger partial charge in [-0.1, -0.05) is 0 Å². The zero-order chi connectivity index (χ0) is 16.2. The van der Waals surface area contributed by atoms with Gasteiger partial charge in [0.25, 0.3) is 0 Å². The Labute approximate surface area is 139 Å². The molecule has 0 radical (unpaired) electrons.